The molecule has 1 N–H and O–H groups in total. The van der Waals surface area contributed by atoms with E-state index in [1.165, 1.54) is 5.69 Å². The molecule has 0 aliphatic carbocycles. The molecule has 1 aromatic carbocycles. The second-order valence-corrected chi connectivity index (χ2v) is 6.78. The predicted octanol–water partition coefficient (Wildman–Crippen LogP) is 3.14. The number of hydrogen-bond acceptors (Lipinski definition) is 5. The lowest BCUT2D eigenvalue weighted by atomic mass is 10.3. The molecule has 112 valence electrons. The maximum absolute atomic E-state index is 4.38. The van der Waals surface area contributed by atoms with Crippen molar-refractivity contribution in [3.63, 3.8) is 0 Å². The molecule has 0 radical (unpaired) electrons. The Labute approximate surface area is 137 Å². The topological polar surface area (TPSA) is 31.4 Å². The largest absolute Gasteiger partial charge is 0.383 e. The van der Waals surface area contributed by atoms with Crippen LogP contribution >= 0.6 is 27.3 Å². The predicted molar refractivity (Wildman–Crippen MR) is 93.4 cm³/mol. The van der Waals surface area contributed by atoms with Gasteiger partial charge in [-0.3, -0.25) is 4.90 Å². The average Bonchev–Trinajstić information content (AvgIpc) is 3.04. The first-order valence-electron chi connectivity index (χ1n) is 7.18. The summed E-state index contributed by atoms with van der Waals surface area (Å²) < 4.78 is 1.12. The molecule has 0 unspecified atom stereocenters. The summed E-state index contributed by atoms with van der Waals surface area (Å²) >= 11 is 5.29. The molecule has 0 amide bonds. The van der Waals surface area contributed by atoms with Crippen molar-refractivity contribution in [3.8, 4) is 0 Å². The van der Waals surface area contributed by atoms with Crippen molar-refractivity contribution in [1.29, 1.82) is 0 Å². The van der Waals surface area contributed by atoms with Gasteiger partial charge in [0.2, 0.25) is 0 Å². The maximum atomic E-state index is 4.38. The Morgan fingerprint density at radius 1 is 1.19 bits per heavy atom. The van der Waals surface area contributed by atoms with Gasteiger partial charge < -0.3 is 10.2 Å². The highest BCUT2D eigenvalue weighted by molar-refractivity contribution is 9.10. The number of nitrogens with one attached hydrogen (secondary N) is 1. The van der Waals surface area contributed by atoms with E-state index in [1.807, 2.05) is 17.6 Å². The summed E-state index contributed by atoms with van der Waals surface area (Å²) in [6.45, 7) is 6.41. The van der Waals surface area contributed by atoms with Crippen LogP contribution in [-0.4, -0.2) is 49.2 Å². The first-order valence-corrected chi connectivity index (χ1v) is 8.85. The molecule has 4 nitrogen and oxygen atoms in total. The summed E-state index contributed by atoms with van der Waals surface area (Å²) in [4.78, 5) is 9.27. The zero-order valence-corrected chi connectivity index (χ0v) is 14.2. The molecule has 1 fully saturated rings. The molecular formula is C15H19BrN4S. The Balaban J connectivity index is 1.41. The van der Waals surface area contributed by atoms with E-state index in [-0.39, 0.29) is 0 Å². The summed E-state index contributed by atoms with van der Waals surface area (Å²) in [7, 11) is 0. The van der Waals surface area contributed by atoms with Crippen molar-refractivity contribution < 1.29 is 0 Å². The van der Waals surface area contributed by atoms with Gasteiger partial charge in [0.15, 0.2) is 5.13 Å². The molecule has 3 rings (SSSR count). The standard InChI is InChI=1S/C15H19BrN4S/c16-13-3-1-2-4-14(13)17-5-7-19-8-10-20(11-9-19)15-18-6-12-21-15/h1-4,6,12,17H,5,7-11H2. The van der Waals surface area contributed by atoms with Gasteiger partial charge in [0.05, 0.1) is 0 Å². The van der Waals surface area contributed by atoms with Crippen LogP contribution in [0.3, 0.4) is 0 Å². The van der Waals surface area contributed by atoms with E-state index in [2.05, 4.69) is 54.2 Å². The van der Waals surface area contributed by atoms with Crippen molar-refractivity contribution in [1.82, 2.24) is 9.88 Å². The van der Waals surface area contributed by atoms with Crippen LogP contribution in [0.5, 0.6) is 0 Å². The second kappa shape index (κ2) is 7.24. The fourth-order valence-electron chi connectivity index (χ4n) is 2.49. The lowest BCUT2D eigenvalue weighted by Gasteiger charge is -2.34. The van der Waals surface area contributed by atoms with Gasteiger partial charge in [-0.2, -0.15) is 0 Å². The van der Waals surface area contributed by atoms with E-state index in [0.29, 0.717) is 0 Å². The van der Waals surface area contributed by atoms with Gasteiger partial charge in [0, 0.05) is 61.0 Å². The number of thiazole rings is 1. The van der Waals surface area contributed by atoms with Gasteiger partial charge in [-0.15, -0.1) is 11.3 Å². The van der Waals surface area contributed by atoms with Crippen molar-refractivity contribution in [2.24, 2.45) is 0 Å². The van der Waals surface area contributed by atoms with Crippen molar-refractivity contribution in [2.75, 3.05) is 49.5 Å². The number of aromatic nitrogens is 1. The van der Waals surface area contributed by atoms with Gasteiger partial charge in [-0.1, -0.05) is 12.1 Å². The Kier molecular flexibility index (Phi) is 5.11. The average molecular weight is 367 g/mol. The maximum Gasteiger partial charge on any atom is 0.185 e. The second-order valence-electron chi connectivity index (χ2n) is 5.05. The summed E-state index contributed by atoms with van der Waals surface area (Å²) in [5, 5.41) is 6.69. The zero-order chi connectivity index (χ0) is 14.5. The molecule has 1 aliphatic heterocycles. The molecule has 1 saturated heterocycles. The minimum absolute atomic E-state index is 0.972. The summed E-state index contributed by atoms with van der Waals surface area (Å²) in [5.74, 6) is 0. The quantitative estimate of drug-likeness (QED) is 0.880. The van der Waals surface area contributed by atoms with Crippen LogP contribution in [0.2, 0.25) is 0 Å². The molecule has 0 bridgehead atoms. The molecule has 0 saturated carbocycles. The molecule has 2 heterocycles. The SMILES string of the molecule is Brc1ccccc1NCCN1CCN(c2nccs2)CC1. The summed E-state index contributed by atoms with van der Waals surface area (Å²) in [6, 6.07) is 8.26. The minimum atomic E-state index is 0.972. The first-order chi connectivity index (χ1) is 10.3. The van der Waals surface area contributed by atoms with E-state index >= 15 is 0 Å². The third kappa shape index (κ3) is 3.96. The number of benzene rings is 1. The van der Waals surface area contributed by atoms with Gasteiger partial charge in [0.25, 0.3) is 0 Å². The van der Waals surface area contributed by atoms with Crippen molar-refractivity contribution >= 4 is 38.1 Å². The highest BCUT2D eigenvalue weighted by atomic mass is 79.9. The Hall–Kier alpha value is -1.11. The molecule has 1 aromatic heterocycles. The van der Waals surface area contributed by atoms with E-state index < -0.39 is 0 Å². The van der Waals surface area contributed by atoms with Crippen LogP contribution in [0.1, 0.15) is 0 Å². The molecule has 2 aromatic rings. The molecule has 1 aliphatic rings. The van der Waals surface area contributed by atoms with Gasteiger partial charge in [0.1, 0.15) is 0 Å². The number of para-hydroxylation sites is 1. The van der Waals surface area contributed by atoms with Crippen LogP contribution < -0.4 is 10.2 Å². The molecule has 0 atom stereocenters. The normalized spacial score (nSPS) is 16.1. The molecular weight excluding hydrogens is 348 g/mol. The first kappa shape index (κ1) is 14.8. The van der Waals surface area contributed by atoms with Gasteiger partial charge >= 0.3 is 0 Å². The highest BCUT2D eigenvalue weighted by Crippen LogP contribution is 2.21. The number of piperazine rings is 1. The zero-order valence-electron chi connectivity index (χ0n) is 11.8. The van der Waals surface area contributed by atoms with Crippen LogP contribution in [0.4, 0.5) is 10.8 Å². The van der Waals surface area contributed by atoms with Crippen molar-refractivity contribution in [3.05, 3.63) is 40.3 Å². The summed E-state index contributed by atoms with van der Waals surface area (Å²) in [5.41, 5.74) is 1.17. The lowest BCUT2D eigenvalue weighted by Crippen LogP contribution is -2.47. The fraction of sp³-hybridized carbons (Fsp3) is 0.400. The van der Waals surface area contributed by atoms with E-state index in [1.54, 1.807) is 11.3 Å². The van der Waals surface area contributed by atoms with Crippen LogP contribution in [0.15, 0.2) is 40.3 Å². The minimum Gasteiger partial charge on any atom is -0.383 e. The Morgan fingerprint density at radius 3 is 2.71 bits per heavy atom. The third-order valence-corrected chi connectivity index (χ3v) is 5.20. The Bertz CT molecular complexity index is 553. The molecule has 6 heteroatoms. The van der Waals surface area contributed by atoms with Crippen LogP contribution in [-0.2, 0) is 0 Å². The number of rotatable bonds is 5. The van der Waals surface area contributed by atoms with E-state index in [0.717, 1.165) is 48.9 Å². The van der Waals surface area contributed by atoms with Gasteiger partial charge in [-0.25, -0.2) is 4.98 Å². The number of hydrogen-bond donors (Lipinski definition) is 1. The number of nitrogens with zero attached hydrogens (tertiary/aromatic N) is 3. The number of halogens is 1. The van der Waals surface area contributed by atoms with Crippen LogP contribution in [0, 0.1) is 0 Å². The Morgan fingerprint density at radius 2 is 2.00 bits per heavy atom. The highest BCUT2D eigenvalue weighted by Gasteiger charge is 2.18. The summed E-state index contributed by atoms with van der Waals surface area (Å²) in [6.07, 6.45) is 1.88. The van der Waals surface area contributed by atoms with Gasteiger partial charge in [-0.05, 0) is 28.1 Å². The molecule has 0 spiro atoms. The monoisotopic (exact) mass is 366 g/mol. The molecule has 21 heavy (non-hydrogen) atoms. The fourth-order valence-corrected chi connectivity index (χ4v) is 3.61. The van der Waals surface area contributed by atoms with E-state index in [4.69, 9.17) is 0 Å². The number of anilines is 2. The van der Waals surface area contributed by atoms with E-state index in [9.17, 15) is 0 Å². The third-order valence-electron chi connectivity index (χ3n) is 3.68. The lowest BCUT2D eigenvalue weighted by molar-refractivity contribution is 0.267. The van der Waals surface area contributed by atoms with Crippen molar-refractivity contribution in [2.45, 2.75) is 0 Å². The van der Waals surface area contributed by atoms with Crippen LogP contribution in [0.25, 0.3) is 0 Å². The smallest absolute Gasteiger partial charge is 0.185 e.